The van der Waals surface area contributed by atoms with Crippen LogP contribution >= 0.6 is 0 Å². The van der Waals surface area contributed by atoms with Gasteiger partial charge in [-0.3, -0.25) is 4.79 Å². The standard InChI is InChI=1S/C8H10AsNO5.C4H8O2/c1-5(11)10-7-4-6(9(13,14)15)2-3-8(7)12;1-3-4(5)6-2/h2-4,12H,1H3,(H,10,11)(H2,13,14,15);3H2,1-2H3. The maximum Gasteiger partial charge on any atom is 0.305 e. The second kappa shape index (κ2) is 8.51. The summed E-state index contributed by atoms with van der Waals surface area (Å²) in [6.45, 7) is 2.99. The number of nitrogens with one attached hydrogen (secondary N) is 1. The van der Waals surface area contributed by atoms with Crippen LogP contribution < -0.4 is 9.67 Å². The van der Waals surface area contributed by atoms with Crippen LogP contribution in [0.15, 0.2) is 18.2 Å². The molecule has 8 nitrogen and oxygen atoms in total. The first-order valence-corrected chi connectivity index (χ1v) is 9.23. The molecular formula is C12H18AsNO7. The average Bonchev–Trinajstić information content (AvgIpc) is 2.39. The van der Waals surface area contributed by atoms with Crippen LogP contribution in [-0.4, -0.2) is 46.5 Å². The van der Waals surface area contributed by atoms with Crippen LogP contribution in [0.3, 0.4) is 0 Å². The number of carbonyl (C=O) groups is 2. The van der Waals surface area contributed by atoms with E-state index >= 15 is 0 Å². The van der Waals surface area contributed by atoms with Crippen molar-refractivity contribution in [1.29, 1.82) is 0 Å². The summed E-state index contributed by atoms with van der Waals surface area (Å²) < 4.78 is 32.8. The van der Waals surface area contributed by atoms with Crippen molar-refractivity contribution in [2.45, 2.75) is 20.3 Å². The summed E-state index contributed by atoms with van der Waals surface area (Å²) in [6.07, 6.45) is 0.469. The molecule has 0 fully saturated rings. The average molecular weight is 363 g/mol. The minimum Gasteiger partial charge on any atom is -0.469 e. The van der Waals surface area contributed by atoms with E-state index in [4.69, 9.17) is 8.19 Å². The summed E-state index contributed by atoms with van der Waals surface area (Å²) in [5.41, 5.74) is -0.00951. The first-order valence-electron chi connectivity index (χ1n) is 5.85. The van der Waals surface area contributed by atoms with Gasteiger partial charge in [0.15, 0.2) is 0 Å². The fourth-order valence-corrected chi connectivity index (χ4v) is 2.33. The van der Waals surface area contributed by atoms with E-state index in [0.29, 0.717) is 6.42 Å². The molecule has 0 heterocycles. The number of anilines is 1. The van der Waals surface area contributed by atoms with Crippen molar-refractivity contribution >= 4 is 36.1 Å². The Morgan fingerprint density at radius 2 is 1.90 bits per heavy atom. The molecule has 0 bridgehead atoms. The normalized spacial score (nSPS) is 10.1. The number of carbonyl (C=O) groups excluding carboxylic acids is 2. The fourth-order valence-electron chi connectivity index (χ4n) is 1.14. The van der Waals surface area contributed by atoms with Crippen LogP contribution in [0.1, 0.15) is 20.3 Å². The molecule has 0 spiro atoms. The maximum absolute atomic E-state index is 10.9. The molecule has 1 rings (SSSR count). The molecule has 0 aliphatic carbocycles. The van der Waals surface area contributed by atoms with E-state index in [9.17, 15) is 18.4 Å². The van der Waals surface area contributed by atoms with Crippen molar-refractivity contribution in [3.63, 3.8) is 0 Å². The van der Waals surface area contributed by atoms with Crippen molar-refractivity contribution in [3.8, 4) is 5.75 Å². The van der Waals surface area contributed by atoms with Gasteiger partial charge >= 0.3 is 94.1 Å². The maximum atomic E-state index is 10.9. The van der Waals surface area contributed by atoms with E-state index in [1.165, 1.54) is 14.0 Å². The molecule has 1 aromatic carbocycles. The van der Waals surface area contributed by atoms with Gasteiger partial charge in [0.25, 0.3) is 0 Å². The number of ether oxygens (including phenoxy) is 1. The van der Waals surface area contributed by atoms with E-state index in [0.717, 1.165) is 18.2 Å². The number of methoxy groups -OCH3 is 1. The van der Waals surface area contributed by atoms with Gasteiger partial charge in [-0.25, -0.2) is 0 Å². The van der Waals surface area contributed by atoms with Gasteiger partial charge in [0.2, 0.25) is 0 Å². The zero-order valence-electron chi connectivity index (χ0n) is 11.9. The summed E-state index contributed by atoms with van der Waals surface area (Å²) in [7, 11) is 1.38. The summed E-state index contributed by atoms with van der Waals surface area (Å²) >= 11 is -4.98. The molecule has 1 amide bonds. The van der Waals surface area contributed by atoms with Gasteiger partial charge in [0.1, 0.15) is 0 Å². The zero-order chi connectivity index (χ0) is 16.6. The number of phenols is 1. The van der Waals surface area contributed by atoms with Crippen LogP contribution in [0.25, 0.3) is 0 Å². The van der Waals surface area contributed by atoms with Crippen LogP contribution in [0.2, 0.25) is 0 Å². The first-order chi connectivity index (χ1) is 9.61. The Kier molecular flexibility index (Phi) is 7.79. The van der Waals surface area contributed by atoms with Gasteiger partial charge in [0, 0.05) is 6.42 Å². The monoisotopic (exact) mass is 363 g/mol. The van der Waals surface area contributed by atoms with Crippen LogP contribution in [0.4, 0.5) is 5.69 Å². The number of esters is 1. The smallest absolute Gasteiger partial charge is 0.305 e. The molecule has 118 valence electrons. The van der Waals surface area contributed by atoms with Crippen molar-refractivity contribution in [1.82, 2.24) is 0 Å². The number of amides is 1. The molecule has 1 aromatic rings. The molecule has 0 aromatic heterocycles. The Bertz CT molecular complexity index is 547. The quantitative estimate of drug-likeness (QED) is 0.323. The second-order valence-corrected chi connectivity index (χ2v) is 7.22. The molecule has 0 radical (unpaired) electrons. The molecule has 21 heavy (non-hydrogen) atoms. The molecule has 4 N–H and O–H groups in total. The Balaban J connectivity index is 0.000000567. The number of rotatable bonds is 3. The first kappa shape index (κ1) is 19.2. The minimum atomic E-state index is -4.98. The Hall–Kier alpha value is -1.76. The van der Waals surface area contributed by atoms with Crippen molar-refractivity contribution in [3.05, 3.63) is 18.2 Å². The molecule has 0 unspecified atom stereocenters. The van der Waals surface area contributed by atoms with Gasteiger partial charge in [-0.1, -0.05) is 6.92 Å². The molecular weight excluding hydrogens is 345 g/mol. The van der Waals surface area contributed by atoms with Crippen LogP contribution in [0.5, 0.6) is 5.75 Å². The molecule has 0 aliphatic rings. The van der Waals surface area contributed by atoms with E-state index < -0.39 is 20.1 Å². The topological polar surface area (TPSA) is 133 Å². The molecule has 0 saturated carbocycles. The molecule has 0 saturated heterocycles. The van der Waals surface area contributed by atoms with Crippen molar-refractivity contribution in [2.75, 3.05) is 12.4 Å². The van der Waals surface area contributed by atoms with E-state index in [-0.39, 0.29) is 21.8 Å². The largest absolute Gasteiger partial charge is 0.469 e. The van der Waals surface area contributed by atoms with Crippen molar-refractivity contribution in [2.24, 2.45) is 0 Å². The number of hydrogen-bond donors (Lipinski definition) is 4. The number of hydrogen-bond acceptors (Lipinski definition) is 5. The summed E-state index contributed by atoms with van der Waals surface area (Å²) in [5, 5.41) is 11.6. The Morgan fingerprint density at radius 1 is 1.33 bits per heavy atom. The van der Waals surface area contributed by atoms with Crippen LogP contribution in [-0.2, 0) is 18.1 Å². The third kappa shape index (κ3) is 7.55. The SMILES string of the molecule is CC(=O)Nc1cc([As](=O)(O)O)ccc1O.CCC(=O)OC. The van der Waals surface area contributed by atoms with E-state index in [1.54, 1.807) is 6.92 Å². The Morgan fingerprint density at radius 3 is 2.24 bits per heavy atom. The van der Waals surface area contributed by atoms with Gasteiger partial charge in [-0.15, -0.1) is 0 Å². The third-order valence-electron chi connectivity index (χ3n) is 2.14. The minimum absolute atomic E-state index is 0.00951. The van der Waals surface area contributed by atoms with Gasteiger partial charge in [0.05, 0.1) is 7.11 Å². The van der Waals surface area contributed by atoms with E-state index in [1.807, 2.05) is 0 Å². The Labute approximate surface area is 124 Å². The number of benzene rings is 1. The second-order valence-electron chi connectivity index (χ2n) is 3.86. The van der Waals surface area contributed by atoms with Gasteiger partial charge < -0.3 is 4.74 Å². The zero-order valence-corrected chi connectivity index (χ0v) is 13.7. The predicted molar refractivity (Wildman–Crippen MR) is 75.2 cm³/mol. The molecule has 9 heteroatoms. The summed E-state index contributed by atoms with van der Waals surface area (Å²) in [4.78, 5) is 20.7. The molecule has 0 aliphatic heterocycles. The predicted octanol–water partition coefficient (Wildman–Crippen LogP) is -0.519. The third-order valence-corrected chi connectivity index (χ3v) is 4.14. The summed E-state index contributed by atoms with van der Waals surface area (Å²) in [6, 6.07) is 3.32. The van der Waals surface area contributed by atoms with Gasteiger partial charge in [-0.2, -0.15) is 0 Å². The number of phenolic OH excluding ortho intramolecular Hbond substituents is 1. The molecule has 0 atom stereocenters. The van der Waals surface area contributed by atoms with E-state index in [2.05, 4.69) is 10.1 Å². The van der Waals surface area contributed by atoms with Crippen LogP contribution in [0, 0.1) is 0 Å². The van der Waals surface area contributed by atoms with Crippen molar-refractivity contribution < 1.29 is 31.4 Å². The number of aromatic hydroxyl groups is 1. The van der Waals surface area contributed by atoms with Gasteiger partial charge in [-0.05, 0) is 0 Å². The fraction of sp³-hybridized carbons (Fsp3) is 0.333. The summed E-state index contributed by atoms with van der Waals surface area (Å²) in [5.74, 6) is -0.826.